The average molecular weight is 295 g/mol. The third kappa shape index (κ3) is 7.51. The molecule has 6 nitrogen and oxygen atoms in total. The molecule has 21 heavy (non-hydrogen) atoms. The summed E-state index contributed by atoms with van der Waals surface area (Å²) in [6, 6.07) is 7.11. The van der Waals surface area contributed by atoms with Crippen molar-refractivity contribution in [2.75, 3.05) is 53.9 Å². The van der Waals surface area contributed by atoms with Gasteiger partial charge in [0.1, 0.15) is 18.1 Å². The van der Waals surface area contributed by atoms with Crippen molar-refractivity contribution in [1.82, 2.24) is 0 Å². The van der Waals surface area contributed by atoms with E-state index >= 15 is 0 Å². The van der Waals surface area contributed by atoms with Crippen molar-refractivity contribution in [2.24, 2.45) is 0 Å². The molecule has 6 heteroatoms. The Hall–Kier alpha value is -1.81. The molecule has 0 saturated heterocycles. The molecule has 0 aromatic heterocycles. The molecule has 0 unspecified atom stereocenters. The molecular formula is C15H21NO5. The van der Waals surface area contributed by atoms with E-state index < -0.39 is 0 Å². The molecule has 0 aliphatic carbocycles. The molecule has 116 valence electrons. The van der Waals surface area contributed by atoms with Gasteiger partial charge in [-0.2, -0.15) is 5.26 Å². The number of rotatable bonds is 11. The Bertz CT molecular complexity index is 444. The number of methoxy groups -OCH3 is 2. The zero-order valence-electron chi connectivity index (χ0n) is 12.5. The van der Waals surface area contributed by atoms with Crippen molar-refractivity contribution in [3.05, 3.63) is 23.8 Å². The SMILES string of the molecule is COCCOCCOCCOc1cc(C#N)cc(OC)c1. The molecule has 0 radical (unpaired) electrons. The fraction of sp³-hybridized carbons (Fsp3) is 0.533. The molecule has 0 aliphatic rings. The highest BCUT2D eigenvalue weighted by Gasteiger charge is 2.02. The summed E-state index contributed by atoms with van der Waals surface area (Å²) in [7, 11) is 3.18. The van der Waals surface area contributed by atoms with Gasteiger partial charge in [0.15, 0.2) is 0 Å². The number of benzene rings is 1. The second-order valence-corrected chi connectivity index (χ2v) is 4.08. The molecule has 1 aromatic rings. The van der Waals surface area contributed by atoms with Crippen LogP contribution in [0.5, 0.6) is 11.5 Å². The van der Waals surface area contributed by atoms with Gasteiger partial charge in [-0.1, -0.05) is 0 Å². The molecule has 0 spiro atoms. The van der Waals surface area contributed by atoms with Crippen LogP contribution in [0.3, 0.4) is 0 Å². The molecule has 1 rings (SSSR count). The third-order valence-corrected chi connectivity index (χ3v) is 2.55. The first-order valence-electron chi connectivity index (χ1n) is 6.66. The van der Waals surface area contributed by atoms with E-state index in [2.05, 4.69) is 6.07 Å². The van der Waals surface area contributed by atoms with Gasteiger partial charge in [-0.05, 0) is 12.1 Å². The highest BCUT2D eigenvalue weighted by molar-refractivity contribution is 5.43. The summed E-state index contributed by atoms with van der Waals surface area (Å²) < 4.78 is 26.1. The van der Waals surface area contributed by atoms with Crippen molar-refractivity contribution >= 4 is 0 Å². The Morgan fingerprint density at radius 3 is 2.10 bits per heavy atom. The Kier molecular flexibility index (Phi) is 8.96. The van der Waals surface area contributed by atoms with Crippen LogP contribution >= 0.6 is 0 Å². The molecule has 0 saturated carbocycles. The van der Waals surface area contributed by atoms with Crippen LogP contribution < -0.4 is 9.47 Å². The average Bonchev–Trinajstić information content (AvgIpc) is 2.52. The quantitative estimate of drug-likeness (QED) is 0.578. The molecule has 0 aliphatic heterocycles. The minimum atomic E-state index is 0.399. The summed E-state index contributed by atoms with van der Waals surface area (Å²) in [5.74, 6) is 1.18. The fourth-order valence-corrected chi connectivity index (χ4v) is 1.52. The topological polar surface area (TPSA) is 69.9 Å². The predicted molar refractivity (Wildman–Crippen MR) is 76.7 cm³/mol. The summed E-state index contributed by atoms with van der Waals surface area (Å²) in [6.45, 7) is 3.04. The van der Waals surface area contributed by atoms with Crippen LogP contribution in [0.4, 0.5) is 0 Å². The fourth-order valence-electron chi connectivity index (χ4n) is 1.52. The van der Waals surface area contributed by atoms with Gasteiger partial charge in [0, 0.05) is 13.2 Å². The predicted octanol–water partition coefficient (Wildman–Crippen LogP) is 1.63. The van der Waals surface area contributed by atoms with Crippen molar-refractivity contribution in [1.29, 1.82) is 5.26 Å². The number of hydrogen-bond acceptors (Lipinski definition) is 6. The van der Waals surface area contributed by atoms with Gasteiger partial charge in [-0.25, -0.2) is 0 Å². The van der Waals surface area contributed by atoms with E-state index in [-0.39, 0.29) is 0 Å². The lowest BCUT2D eigenvalue weighted by atomic mass is 10.2. The number of hydrogen-bond donors (Lipinski definition) is 0. The Morgan fingerprint density at radius 2 is 1.48 bits per heavy atom. The van der Waals surface area contributed by atoms with E-state index in [0.29, 0.717) is 56.7 Å². The molecule has 0 N–H and O–H groups in total. The van der Waals surface area contributed by atoms with Crippen LogP contribution in [0.25, 0.3) is 0 Å². The number of nitriles is 1. The van der Waals surface area contributed by atoms with E-state index in [1.54, 1.807) is 32.4 Å². The van der Waals surface area contributed by atoms with Gasteiger partial charge in [-0.15, -0.1) is 0 Å². The lowest BCUT2D eigenvalue weighted by molar-refractivity contribution is 0.0179. The maximum absolute atomic E-state index is 8.90. The highest BCUT2D eigenvalue weighted by Crippen LogP contribution is 2.22. The third-order valence-electron chi connectivity index (χ3n) is 2.55. The van der Waals surface area contributed by atoms with E-state index in [1.807, 2.05) is 0 Å². The molecule has 1 aromatic carbocycles. The first-order chi connectivity index (χ1) is 10.3. The van der Waals surface area contributed by atoms with Crippen LogP contribution in [0.15, 0.2) is 18.2 Å². The largest absolute Gasteiger partial charge is 0.497 e. The molecule has 0 bridgehead atoms. The van der Waals surface area contributed by atoms with Crippen molar-refractivity contribution in [3.63, 3.8) is 0 Å². The molecular weight excluding hydrogens is 274 g/mol. The van der Waals surface area contributed by atoms with Gasteiger partial charge >= 0.3 is 0 Å². The van der Waals surface area contributed by atoms with Crippen LogP contribution in [0.2, 0.25) is 0 Å². The lowest BCUT2D eigenvalue weighted by Crippen LogP contribution is -2.12. The highest BCUT2D eigenvalue weighted by atomic mass is 16.6. The first-order valence-corrected chi connectivity index (χ1v) is 6.66. The maximum atomic E-state index is 8.90. The Morgan fingerprint density at radius 1 is 0.857 bits per heavy atom. The van der Waals surface area contributed by atoms with Crippen LogP contribution in [0.1, 0.15) is 5.56 Å². The number of nitrogens with zero attached hydrogens (tertiary/aromatic N) is 1. The summed E-state index contributed by atoms with van der Waals surface area (Å²) >= 11 is 0. The summed E-state index contributed by atoms with van der Waals surface area (Å²) in [5, 5.41) is 8.90. The van der Waals surface area contributed by atoms with Crippen molar-refractivity contribution < 1.29 is 23.7 Å². The van der Waals surface area contributed by atoms with E-state index in [4.69, 9.17) is 28.9 Å². The lowest BCUT2D eigenvalue weighted by Gasteiger charge is -2.09. The van der Waals surface area contributed by atoms with Gasteiger partial charge < -0.3 is 23.7 Å². The molecule has 0 atom stereocenters. The standard InChI is InChI=1S/C15H21NO5/c1-17-3-4-19-5-6-20-7-8-21-15-10-13(12-16)9-14(11-15)18-2/h9-11H,3-8H2,1-2H3. The second kappa shape index (κ2) is 10.9. The monoisotopic (exact) mass is 295 g/mol. The summed E-state index contributed by atoms with van der Waals surface area (Å²) in [5.41, 5.74) is 0.497. The van der Waals surface area contributed by atoms with Crippen molar-refractivity contribution in [2.45, 2.75) is 0 Å². The van der Waals surface area contributed by atoms with Crippen LogP contribution in [-0.4, -0.2) is 53.9 Å². The minimum absolute atomic E-state index is 0.399. The van der Waals surface area contributed by atoms with E-state index in [1.165, 1.54) is 0 Å². The van der Waals surface area contributed by atoms with Crippen LogP contribution in [-0.2, 0) is 14.2 Å². The second-order valence-electron chi connectivity index (χ2n) is 4.08. The van der Waals surface area contributed by atoms with Gasteiger partial charge in [-0.3, -0.25) is 0 Å². The Balaban J connectivity index is 2.17. The van der Waals surface area contributed by atoms with Gasteiger partial charge in [0.25, 0.3) is 0 Å². The zero-order valence-corrected chi connectivity index (χ0v) is 12.5. The van der Waals surface area contributed by atoms with E-state index in [0.717, 1.165) is 0 Å². The van der Waals surface area contributed by atoms with Crippen molar-refractivity contribution in [3.8, 4) is 17.6 Å². The van der Waals surface area contributed by atoms with Gasteiger partial charge in [0.2, 0.25) is 0 Å². The maximum Gasteiger partial charge on any atom is 0.124 e. The minimum Gasteiger partial charge on any atom is -0.497 e. The van der Waals surface area contributed by atoms with Crippen LogP contribution in [0, 0.1) is 11.3 Å². The normalized spacial score (nSPS) is 10.1. The zero-order chi connectivity index (χ0) is 15.3. The number of ether oxygens (including phenoxy) is 5. The molecule has 0 heterocycles. The summed E-state index contributed by atoms with van der Waals surface area (Å²) in [4.78, 5) is 0. The Labute approximate surface area is 125 Å². The summed E-state index contributed by atoms with van der Waals surface area (Å²) in [6.07, 6.45) is 0. The van der Waals surface area contributed by atoms with Gasteiger partial charge in [0.05, 0.1) is 51.8 Å². The molecule has 0 fully saturated rings. The first kappa shape index (κ1) is 17.2. The smallest absolute Gasteiger partial charge is 0.124 e. The van der Waals surface area contributed by atoms with E-state index in [9.17, 15) is 0 Å². The molecule has 0 amide bonds.